The van der Waals surface area contributed by atoms with Crippen LogP contribution in [-0.4, -0.2) is 89.2 Å². The zero-order chi connectivity index (χ0) is 18.8. The molecule has 4 aliphatic rings. The molecule has 0 aromatic carbocycles. The molecule has 1 aliphatic carbocycles. The van der Waals surface area contributed by atoms with E-state index in [1.807, 2.05) is 0 Å². The van der Waals surface area contributed by atoms with E-state index < -0.39 is 30.1 Å². The Morgan fingerprint density at radius 1 is 1.35 bits per heavy atom. The highest BCUT2D eigenvalue weighted by Crippen LogP contribution is 2.55. The van der Waals surface area contributed by atoms with Crippen molar-refractivity contribution in [2.75, 3.05) is 33.5 Å². The molecule has 9 nitrogen and oxygen atoms in total. The average Bonchev–Trinajstić information content (AvgIpc) is 3.25. The maximum Gasteiger partial charge on any atom is 0.226 e. The lowest BCUT2D eigenvalue weighted by Gasteiger charge is -2.39. The Labute approximate surface area is 149 Å². The first-order valence-electron chi connectivity index (χ1n) is 8.58. The normalized spacial score (nSPS) is 36.3. The third-order valence-electron chi connectivity index (χ3n) is 5.79. The topological polar surface area (TPSA) is 138 Å². The van der Waals surface area contributed by atoms with Gasteiger partial charge in [-0.15, -0.1) is 0 Å². The van der Waals surface area contributed by atoms with Gasteiger partial charge >= 0.3 is 0 Å². The number of ketones is 2. The van der Waals surface area contributed by atoms with Crippen LogP contribution in [0.15, 0.2) is 22.6 Å². The fourth-order valence-corrected chi connectivity index (χ4v) is 4.53. The number of carbonyl (C=O) groups is 2. The molecule has 4 rings (SSSR count). The number of hydrogen-bond acceptors (Lipinski definition) is 9. The molecule has 0 aromatic rings. The molecular weight excluding hydrogens is 344 g/mol. The molecule has 3 heterocycles. The molecular formula is C17H22N2O7. The number of nitrogens with one attached hydrogen (secondary N) is 1. The van der Waals surface area contributed by atoms with E-state index in [1.54, 1.807) is 4.90 Å². The van der Waals surface area contributed by atoms with Gasteiger partial charge < -0.3 is 35.0 Å². The molecule has 4 N–H and O–H groups in total. The van der Waals surface area contributed by atoms with Crippen LogP contribution in [0.1, 0.15) is 6.92 Å². The van der Waals surface area contributed by atoms with Crippen LogP contribution in [0.4, 0.5) is 0 Å². The summed E-state index contributed by atoms with van der Waals surface area (Å²) in [6, 6.07) is 0.110. The molecule has 5 unspecified atom stereocenters. The smallest absolute Gasteiger partial charge is 0.226 e. The molecule has 5 atom stereocenters. The number of rotatable bonds is 6. The summed E-state index contributed by atoms with van der Waals surface area (Å²) in [4.78, 5) is 27.9. The van der Waals surface area contributed by atoms with E-state index in [4.69, 9.17) is 14.6 Å². The number of fused-ring (bicyclic) bond motifs is 4. The summed E-state index contributed by atoms with van der Waals surface area (Å²) in [6.45, 7) is 0.857. The van der Waals surface area contributed by atoms with Gasteiger partial charge in [-0.2, -0.15) is 0 Å². The Hall–Kier alpha value is -1.78. The van der Waals surface area contributed by atoms with Crippen molar-refractivity contribution in [2.24, 2.45) is 5.92 Å². The van der Waals surface area contributed by atoms with Crippen molar-refractivity contribution in [3.63, 3.8) is 0 Å². The SMILES string of the molecule is COC12C(CO)C3=C(C(=O)C(C)=C(OCC(O)CO)C3=O)N1CC1NC12. The molecule has 142 valence electrons. The molecule has 0 bridgehead atoms. The van der Waals surface area contributed by atoms with Crippen LogP contribution in [0.2, 0.25) is 0 Å². The number of methoxy groups -OCH3 is 1. The summed E-state index contributed by atoms with van der Waals surface area (Å²) in [5, 5.41) is 31.7. The molecule has 2 fully saturated rings. The summed E-state index contributed by atoms with van der Waals surface area (Å²) in [5.41, 5.74) is -0.338. The van der Waals surface area contributed by atoms with Crippen molar-refractivity contribution in [3.8, 4) is 0 Å². The van der Waals surface area contributed by atoms with E-state index in [0.717, 1.165) is 0 Å². The van der Waals surface area contributed by atoms with Crippen molar-refractivity contribution in [3.05, 3.63) is 22.6 Å². The summed E-state index contributed by atoms with van der Waals surface area (Å²) in [6.07, 6.45) is -1.16. The van der Waals surface area contributed by atoms with Gasteiger partial charge in [0.15, 0.2) is 11.5 Å². The minimum Gasteiger partial charge on any atom is -0.486 e. The molecule has 3 aliphatic heterocycles. The second kappa shape index (κ2) is 5.86. The number of nitrogens with zero attached hydrogens (tertiary/aromatic N) is 1. The van der Waals surface area contributed by atoms with Crippen LogP contribution < -0.4 is 5.32 Å². The minimum absolute atomic E-state index is 0.0586. The van der Waals surface area contributed by atoms with Gasteiger partial charge in [0, 0.05) is 30.8 Å². The van der Waals surface area contributed by atoms with Crippen molar-refractivity contribution >= 4 is 11.6 Å². The molecule has 9 heteroatoms. The van der Waals surface area contributed by atoms with E-state index in [9.17, 15) is 19.8 Å². The van der Waals surface area contributed by atoms with Gasteiger partial charge in [0.1, 0.15) is 12.7 Å². The van der Waals surface area contributed by atoms with Crippen LogP contribution in [0, 0.1) is 5.92 Å². The Morgan fingerprint density at radius 3 is 2.69 bits per heavy atom. The number of hydrogen-bond donors (Lipinski definition) is 4. The second-order valence-electron chi connectivity index (χ2n) is 7.07. The molecule has 0 saturated carbocycles. The maximum atomic E-state index is 13.1. The predicted molar refractivity (Wildman–Crippen MR) is 86.5 cm³/mol. The predicted octanol–water partition coefficient (Wildman–Crippen LogP) is -2.34. The fraction of sp³-hybridized carbons (Fsp3) is 0.647. The first-order valence-corrected chi connectivity index (χ1v) is 8.58. The summed E-state index contributed by atoms with van der Waals surface area (Å²) in [7, 11) is 1.51. The number of piperazine rings is 1. The molecule has 0 amide bonds. The zero-order valence-electron chi connectivity index (χ0n) is 14.6. The van der Waals surface area contributed by atoms with Gasteiger partial charge in [-0.25, -0.2) is 0 Å². The third-order valence-corrected chi connectivity index (χ3v) is 5.79. The van der Waals surface area contributed by atoms with Crippen LogP contribution in [0.5, 0.6) is 0 Å². The van der Waals surface area contributed by atoms with Gasteiger partial charge in [0.05, 0.1) is 30.9 Å². The third kappa shape index (κ3) is 2.03. The summed E-state index contributed by atoms with van der Waals surface area (Å²) < 4.78 is 11.1. The van der Waals surface area contributed by atoms with Crippen molar-refractivity contribution in [1.82, 2.24) is 10.2 Å². The number of allylic oxidation sites excluding steroid dienone is 2. The number of aliphatic hydroxyl groups is 3. The van der Waals surface area contributed by atoms with E-state index >= 15 is 0 Å². The highest BCUT2D eigenvalue weighted by molar-refractivity contribution is 6.25. The van der Waals surface area contributed by atoms with Gasteiger partial charge in [0.2, 0.25) is 11.6 Å². The Kier molecular flexibility index (Phi) is 3.97. The standard InChI is InChI=1S/C17H22N2O7/c1-7-13(23)12-11(14(24)15(7)26-6-8(22)4-20)9(5-21)17(25-2)16-10(18-16)3-19(12)17/h8-10,16,18,20-22H,3-6H2,1-2H3. The van der Waals surface area contributed by atoms with E-state index in [2.05, 4.69) is 5.32 Å². The van der Waals surface area contributed by atoms with Gasteiger partial charge in [0.25, 0.3) is 0 Å². The summed E-state index contributed by atoms with van der Waals surface area (Å²) in [5.74, 6) is -1.65. The second-order valence-corrected chi connectivity index (χ2v) is 7.07. The van der Waals surface area contributed by atoms with Crippen molar-refractivity contribution < 1.29 is 34.4 Å². The molecule has 2 saturated heterocycles. The number of Topliss-reactive ketones (excluding diaryl/α,β-unsaturated/α-hetero) is 2. The zero-order valence-corrected chi connectivity index (χ0v) is 14.6. The largest absolute Gasteiger partial charge is 0.486 e. The average molecular weight is 366 g/mol. The van der Waals surface area contributed by atoms with Crippen LogP contribution >= 0.6 is 0 Å². The van der Waals surface area contributed by atoms with Crippen molar-refractivity contribution in [2.45, 2.75) is 30.8 Å². The van der Waals surface area contributed by atoms with E-state index in [-0.39, 0.29) is 53.7 Å². The lowest BCUT2D eigenvalue weighted by molar-refractivity contribution is -0.137. The van der Waals surface area contributed by atoms with Crippen LogP contribution in [0.3, 0.4) is 0 Å². The minimum atomic E-state index is -1.16. The Bertz CT molecular complexity index is 745. The Balaban J connectivity index is 1.73. The van der Waals surface area contributed by atoms with E-state index in [0.29, 0.717) is 6.54 Å². The van der Waals surface area contributed by atoms with Crippen LogP contribution in [0.25, 0.3) is 0 Å². The van der Waals surface area contributed by atoms with Gasteiger partial charge in [-0.3, -0.25) is 9.59 Å². The van der Waals surface area contributed by atoms with Crippen molar-refractivity contribution in [1.29, 1.82) is 0 Å². The number of carbonyl (C=O) groups excluding carboxylic acids is 2. The monoisotopic (exact) mass is 366 g/mol. The number of ether oxygens (including phenoxy) is 2. The highest BCUT2D eigenvalue weighted by atomic mass is 16.5. The first kappa shape index (κ1) is 17.6. The Morgan fingerprint density at radius 2 is 2.08 bits per heavy atom. The lowest BCUT2D eigenvalue weighted by Crippen LogP contribution is -2.54. The lowest BCUT2D eigenvalue weighted by atomic mass is 9.83. The first-order chi connectivity index (χ1) is 12.4. The molecule has 0 radical (unpaired) electrons. The van der Waals surface area contributed by atoms with E-state index in [1.165, 1.54) is 14.0 Å². The quantitative estimate of drug-likeness (QED) is 0.301. The number of aliphatic hydroxyl groups excluding tert-OH is 3. The molecule has 0 aromatic heterocycles. The highest BCUT2D eigenvalue weighted by Gasteiger charge is 2.72. The fourth-order valence-electron chi connectivity index (χ4n) is 4.53. The summed E-state index contributed by atoms with van der Waals surface area (Å²) >= 11 is 0. The van der Waals surface area contributed by atoms with Gasteiger partial charge in [-0.1, -0.05) is 0 Å². The molecule has 0 spiro atoms. The van der Waals surface area contributed by atoms with Crippen LogP contribution in [-0.2, 0) is 19.1 Å². The van der Waals surface area contributed by atoms with Gasteiger partial charge in [-0.05, 0) is 6.92 Å². The molecule has 26 heavy (non-hydrogen) atoms. The maximum absolute atomic E-state index is 13.1.